The Morgan fingerprint density at radius 3 is 2.45 bits per heavy atom. The number of carbonyl (C=O) groups is 2. The van der Waals surface area contributed by atoms with Gasteiger partial charge in [0.1, 0.15) is 11.6 Å². The first-order valence-electron chi connectivity index (χ1n) is 6.78. The lowest BCUT2D eigenvalue weighted by molar-refractivity contribution is -0.137. The summed E-state index contributed by atoms with van der Waals surface area (Å²) in [6.07, 6.45) is 0.817. The maximum atomic E-state index is 14.0. The molecule has 0 radical (unpaired) electrons. The Kier molecular flexibility index (Phi) is 3.16. The fourth-order valence-corrected chi connectivity index (χ4v) is 2.78. The second kappa shape index (κ2) is 4.79. The highest BCUT2D eigenvalue weighted by Gasteiger charge is 2.53. The van der Waals surface area contributed by atoms with Crippen molar-refractivity contribution < 1.29 is 28.2 Å². The summed E-state index contributed by atoms with van der Waals surface area (Å²) in [5.41, 5.74) is -2.63. The zero-order chi connectivity index (χ0) is 16.1. The van der Waals surface area contributed by atoms with Gasteiger partial charge in [-0.1, -0.05) is 6.07 Å². The number of likely N-dealkylation sites (tertiary alicyclic amines) is 1. The number of Topliss-reactive ketones (excluding diaryl/α,β-unsaturated/α-hetero) is 1. The Balaban J connectivity index is 2.05. The van der Waals surface area contributed by atoms with Crippen molar-refractivity contribution in [3.05, 3.63) is 47.0 Å². The molecule has 0 aromatic heterocycles. The molecule has 0 saturated carbocycles. The molecule has 1 saturated heterocycles. The number of rotatable bonds is 2. The molecule has 3 rings (SSSR count). The zero-order valence-corrected chi connectivity index (χ0v) is 11.7. The standard InChI is InChI=1S/C15H13F2NO4/c1-15(11-8(16)4-2-5-9(11)17)13(21)12(20)14(22-15)18-7-3-6-10(18)19/h2,4-5,20H,3,6-7H2,1H3. The van der Waals surface area contributed by atoms with Crippen LogP contribution in [0.1, 0.15) is 25.3 Å². The number of hydrogen-bond donors (Lipinski definition) is 1. The minimum Gasteiger partial charge on any atom is -0.501 e. The third-order valence-electron chi connectivity index (χ3n) is 3.91. The first kappa shape index (κ1) is 14.5. The third-order valence-corrected chi connectivity index (χ3v) is 3.91. The molecule has 5 nitrogen and oxygen atoms in total. The summed E-state index contributed by atoms with van der Waals surface area (Å²) < 4.78 is 33.3. The SMILES string of the molecule is CC1(c2c(F)cccc2F)OC(N2CCCC2=O)=C(O)C1=O. The quantitative estimate of drug-likeness (QED) is 0.909. The van der Waals surface area contributed by atoms with Gasteiger partial charge < -0.3 is 9.84 Å². The maximum absolute atomic E-state index is 14.0. The summed E-state index contributed by atoms with van der Waals surface area (Å²) in [5, 5.41) is 9.98. The molecular formula is C15H13F2NO4. The minimum atomic E-state index is -2.04. The maximum Gasteiger partial charge on any atom is 0.250 e. The van der Waals surface area contributed by atoms with Crippen LogP contribution in [0.4, 0.5) is 8.78 Å². The highest BCUT2D eigenvalue weighted by atomic mass is 19.1. The van der Waals surface area contributed by atoms with Gasteiger partial charge in [-0.3, -0.25) is 14.5 Å². The van der Waals surface area contributed by atoms with E-state index in [-0.39, 0.29) is 24.8 Å². The monoisotopic (exact) mass is 309 g/mol. The van der Waals surface area contributed by atoms with Gasteiger partial charge in [0.15, 0.2) is 0 Å². The van der Waals surface area contributed by atoms with Gasteiger partial charge >= 0.3 is 0 Å². The van der Waals surface area contributed by atoms with Gasteiger partial charge in [-0.05, 0) is 25.5 Å². The van der Waals surface area contributed by atoms with Gasteiger partial charge in [-0.15, -0.1) is 0 Å². The summed E-state index contributed by atoms with van der Waals surface area (Å²) >= 11 is 0. The molecule has 2 aliphatic rings. The van der Waals surface area contributed by atoms with Gasteiger partial charge in [-0.2, -0.15) is 0 Å². The molecule has 1 unspecified atom stereocenters. The van der Waals surface area contributed by atoms with Crippen molar-refractivity contribution in [3.8, 4) is 0 Å². The lowest BCUT2D eigenvalue weighted by Gasteiger charge is -2.26. The van der Waals surface area contributed by atoms with E-state index in [0.717, 1.165) is 23.1 Å². The second-order valence-corrected chi connectivity index (χ2v) is 5.36. The van der Waals surface area contributed by atoms with Crippen molar-refractivity contribution in [3.63, 3.8) is 0 Å². The number of amides is 1. The molecule has 22 heavy (non-hydrogen) atoms. The van der Waals surface area contributed by atoms with E-state index in [2.05, 4.69) is 0 Å². The average molecular weight is 309 g/mol. The van der Waals surface area contributed by atoms with Crippen LogP contribution in [0.5, 0.6) is 0 Å². The minimum absolute atomic E-state index is 0.263. The molecule has 1 aromatic carbocycles. The number of nitrogens with zero attached hydrogens (tertiary/aromatic N) is 1. The van der Waals surface area contributed by atoms with Crippen molar-refractivity contribution in [2.24, 2.45) is 0 Å². The number of halogens is 2. The Morgan fingerprint density at radius 2 is 1.91 bits per heavy atom. The molecule has 1 amide bonds. The van der Waals surface area contributed by atoms with Crippen LogP contribution in [0.25, 0.3) is 0 Å². The van der Waals surface area contributed by atoms with Crippen LogP contribution in [0.2, 0.25) is 0 Å². The van der Waals surface area contributed by atoms with E-state index >= 15 is 0 Å². The van der Waals surface area contributed by atoms with Crippen LogP contribution in [-0.4, -0.2) is 28.2 Å². The molecule has 116 valence electrons. The van der Waals surface area contributed by atoms with E-state index in [1.807, 2.05) is 0 Å². The van der Waals surface area contributed by atoms with Crippen molar-refractivity contribution >= 4 is 11.7 Å². The molecule has 1 atom stereocenters. The van der Waals surface area contributed by atoms with Crippen molar-refractivity contribution in [1.82, 2.24) is 4.90 Å². The summed E-state index contributed by atoms with van der Waals surface area (Å²) in [5.74, 6) is -4.34. The van der Waals surface area contributed by atoms with E-state index in [9.17, 15) is 23.5 Å². The van der Waals surface area contributed by atoms with Gasteiger partial charge in [0.05, 0.1) is 5.56 Å². The fourth-order valence-electron chi connectivity index (χ4n) is 2.78. The Hall–Kier alpha value is -2.44. The van der Waals surface area contributed by atoms with E-state index in [4.69, 9.17) is 4.74 Å². The molecule has 0 aliphatic carbocycles. The summed E-state index contributed by atoms with van der Waals surface area (Å²) in [6, 6.07) is 3.15. The molecule has 1 fully saturated rings. The topological polar surface area (TPSA) is 66.8 Å². The lowest BCUT2D eigenvalue weighted by Crippen LogP contribution is -2.34. The van der Waals surface area contributed by atoms with E-state index < -0.39 is 34.3 Å². The number of ketones is 1. The number of aliphatic hydroxyl groups excluding tert-OH is 1. The van der Waals surface area contributed by atoms with Gasteiger partial charge in [0, 0.05) is 13.0 Å². The fraction of sp³-hybridized carbons (Fsp3) is 0.333. The number of benzene rings is 1. The summed E-state index contributed by atoms with van der Waals surface area (Å²) in [4.78, 5) is 25.2. The lowest BCUT2D eigenvalue weighted by atomic mass is 9.90. The van der Waals surface area contributed by atoms with Crippen molar-refractivity contribution in [2.45, 2.75) is 25.4 Å². The summed E-state index contributed by atoms with van der Waals surface area (Å²) in [6.45, 7) is 1.45. The zero-order valence-electron chi connectivity index (χ0n) is 11.7. The first-order valence-corrected chi connectivity index (χ1v) is 6.78. The Bertz CT molecular complexity index is 695. The normalized spacial score (nSPS) is 25.1. The molecule has 0 spiro atoms. The molecule has 0 bridgehead atoms. The van der Waals surface area contributed by atoms with E-state index in [1.54, 1.807) is 0 Å². The van der Waals surface area contributed by atoms with Crippen LogP contribution in [-0.2, 0) is 19.9 Å². The van der Waals surface area contributed by atoms with Crippen molar-refractivity contribution in [1.29, 1.82) is 0 Å². The highest BCUT2D eigenvalue weighted by Crippen LogP contribution is 2.41. The molecule has 1 aromatic rings. The van der Waals surface area contributed by atoms with Gasteiger partial charge in [0.25, 0.3) is 5.78 Å². The molecule has 2 heterocycles. The Labute approximate surface area is 124 Å². The van der Waals surface area contributed by atoms with Crippen LogP contribution in [0, 0.1) is 11.6 Å². The van der Waals surface area contributed by atoms with Crippen LogP contribution in [0.3, 0.4) is 0 Å². The predicted octanol–water partition coefficient (Wildman–Crippen LogP) is 2.13. The smallest absolute Gasteiger partial charge is 0.250 e. The molecule has 7 heteroatoms. The van der Waals surface area contributed by atoms with Gasteiger partial charge in [-0.25, -0.2) is 8.78 Å². The average Bonchev–Trinajstić information content (AvgIpc) is 2.97. The second-order valence-electron chi connectivity index (χ2n) is 5.36. The number of ether oxygens (including phenoxy) is 1. The molecular weight excluding hydrogens is 296 g/mol. The number of aliphatic hydroxyl groups is 1. The van der Waals surface area contributed by atoms with Crippen LogP contribution >= 0.6 is 0 Å². The Morgan fingerprint density at radius 1 is 1.27 bits per heavy atom. The largest absolute Gasteiger partial charge is 0.501 e. The summed E-state index contributed by atoms with van der Waals surface area (Å²) in [7, 11) is 0. The molecule has 1 N–H and O–H groups in total. The van der Waals surface area contributed by atoms with Gasteiger partial charge in [0.2, 0.25) is 23.2 Å². The predicted molar refractivity (Wildman–Crippen MR) is 70.4 cm³/mol. The third kappa shape index (κ3) is 1.88. The van der Waals surface area contributed by atoms with E-state index in [1.165, 1.54) is 6.92 Å². The van der Waals surface area contributed by atoms with Crippen LogP contribution in [0.15, 0.2) is 29.8 Å². The van der Waals surface area contributed by atoms with Crippen LogP contribution < -0.4 is 0 Å². The number of carbonyl (C=O) groups excluding carboxylic acids is 2. The first-order chi connectivity index (χ1) is 10.4. The van der Waals surface area contributed by atoms with E-state index in [0.29, 0.717) is 6.42 Å². The molecule has 2 aliphatic heterocycles. The highest BCUT2D eigenvalue weighted by molar-refractivity contribution is 6.03. The number of hydrogen-bond acceptors (Lipinski definition) is 4. The van der Waals surface area contributed by atoms with Crippen molar-refractivity contribution in [2.75, 3.05) is 6.54 Å².